The van der Waals surface area contributed by atoms with E-state index < -0.39 is 16.7 Å². The summed E-state index contributed by atoms with van der Waals surface area (Å²) in [4.78, 5) is 20.4. The number of hydrogen-bond donors (Lipinski definition) is 1. The van der Waals surface area contributed by atoms with Crippen molar-refractivity contribution >= 4 is 23.4 Å². The lowest BCUT2D eigenvalue weighted by Gasteiger charge is -1.96. The Labute approximate surface area is 110 Å². The Morgan fingerprint density at radius 1 is 1.42 bits per heavy atom. The molecular formula is C8H7ClN6O4. The highest BCUT2D eigenvalue weighted by Gasteiger charge is 2.18. The van der Waals surface area contributed by atoms with Crippen LogP contribution in [-0.4, -0.2) is 40.8 Å². The van der Waals surface area contributed by atoms with Crippen LogP contribution >= 0.6 is 11.6 Å². The van der Waals surface area contributed by atoms with Crippen LogP contribution in [0.4, 0.5) is 5.82 Å². The molecule has 0 fully saturated rings. The van der Waals surface area contributed by atoms with Crippen molar-refractivity contribution in [3.05, 3.63) is 33.2 Å². The van der Waals surface area contributed by atoms with Gasteiger partial charge < -0.3 is 15.2 Å². The van der Waals surface area contributed by atoms with E-state index in [0.29, 0.717) is 0 Å². The Kier molecular flexibility index (Phi) is 3.42. The molecule has 0 spiro atoms. The molecule has 0 aromatic carbocycles. The topological polar surface area (TPSA) is 129 Å². The molecule has 0 saturated heterocycles. The van der Waals surface area contributed by atoms with Crippen molar-refractivity contribution in [2.45, 2.75) is 13.1 Å². The number of hydrogen-bond acceptors (Lipinski definition) is 6. The Balaban J connectivity index is 2.03. The number of nitrogens with zero attached hydrogens (tertiary/aromatic N) is 6. The van der Waals surface area contributed by atoms with Gasteiger partial charge in [-0.15, -0.1) is 5.10 Å². The molecule has 2 heterocycles. The van der Waals surface area contributed by atoms with Gasteiger partial charge in [-0.3, -0.25) is 0 Å². The Bertz CT molecular complexity index is 635. The summed E-state index contributed by atoms with van der Waals surface area (Å²) in [5.74, 6) is -1.60. The molecule has 19 heavy (non-hydrogen) atoms. The molecular weight excluding hydrogens is 280 g/mol. The largest absolute Gasteiger partial charge is 0.476 e. The van der Waals surface area contributed by atoms with Gasteiger partial charge in [-0.2, -0.15) is 4.68 Å². The number of nitro groups is 1. The number of aromatic carboxylic acids is 1. The fourth-order valence-corrected chi connectivity index (χ4v) is 1.56. The van der Waals surface area contributed by atoms with E-state index >= 15 is 0 Å². The van der Waals surface area contributed by atoms with Crippen LogP contribution < -0.4 is 0 Å². The molecule has 2 aromatic rings. The lowest BCUT2D eigenvalue weighted by molar-refractivity contribution is -0.389. The van der Waals surface area contributed by atoms with Crippen LogP contribution in [0.3, 0.4) is 0 Å². The van der Waals surface area contributed by atoms with Crippen LogP contribution in [0.2, 0.25) is 5.02 Å². The maximum atomic E-state index is 10.6. The van der Waals surface area contributed by atoms with Crippen LogP contribution in [0.1, 0.15) is 10.5 Å². The van der Waals surface area contributed by atoms with E-state index in [0.717, 1.165) is 0 Å². The minimum absolute atomic E-state index is 0.0604. The third-order valence-corrected chi connectivity index (χ3v) is 2.45. The first kappa shape index (κ1) is 13.0. The zero-order chi connectivity index (χ0) is 14.0. The summed E-state index contributed by atoms with van der Waals surface area (Å²) in [5.41, 5.74) is -0.176. The van der Waals surface area contributed by atoms with Gasteiger partial charge in [0.25, 0.3) is 0 Å². The second-order valence-electron chi connectivity index (χ2n) is 3.49. The minimum Gasteiger partial charge on any atom is -0.476 e. The Morgan fingerprint density at radius 3 is 2.63 bits per heavy atom. The molecule has 0 amide bonds. The van der Waals surface area contributed by atoms with Crippen LogP contribution in [0.25, 0.3) is 0 Å². The lowest BCUT2D eigenvalue weighted by Crippen LogP contribution is -2.08. The summed E-state index contributed by atoms with van der Waals surface area (Å²) in [5, 5.41) is 29.8. The van der Waals surface area contributed by atoms with Gasteiger partial charge in [0.05, 0.1) is 30.6 Å². The molecule has 2 rings (SSSR count). The van der Waals surface area contributed by atoms with Gasteiger partial charge in [0.1, 0.15) is 0 Å². The van der Waals surface area contributed by atoms with E-state index in [4.69, 9.17) is 16.7 Å². The first-order chi connectivity index (χ1) is 8.97. The third kappa shape index (κ3) is 2.85. The van der Waals surface area contributed by atoms with Crippen molar-refractivity contribution in [2.24, 2.45) is 0 Å². The summed E-state index contributed by atoms with van der Waals surface area (Å²) < 4.78 is 2.58. The zero-order valence-corrected chi connectivity index (χ0v) is 10.1. The van der Waals surface area contributed by atoms with Gasteiger partial charge in [-0.25, -0.2) is 9.48 Å². The molecule has 0 aliphatic heterocycles. The van der Waals surface area contributed by atoms with Gasteiger partial charge in [0.15, 0.2) is 10.7 Å². The minimum atomic E-state index is -1.18. The number of rotatable bonds is 5. The van der Waals surface area contributed by atoms with Crippen molar-refractivity contribution in [2.75, 3.05) is 0 Å². The average Bonchev–Trinajstić information content (AvgIpc) is 2.92. The van der Waals surface area contributed by atoms with E-state index in [1.54, 1.807) is 0 Å². The van der Waals surface area contributed by atoms with Gasteiger partial charge in [0, 0.05) is 0 Å². The summed E-state index contributed by atoms with van der Waals surface area (Å²) in [6.45, 7) is 0.505. The molecule has 10 nitrogen and oxygen atoms in total. The van der Waals surface area contributed by atoms with E-state index in [-0.39, 0.29) is 23.8 Å². The van der Waals surface area contributed by atoms with Gasteiger partial charge in [-0.05, 0) is 4.92 Å². The number of carbonyl (C=O) groups is 1. The summed E-state index contributed by atoms with van der Waals surface area (Å²) in [6, 6.07) is 0. The van der Waals surface area contributed by atoms with Crippen LogP contribution in [0, 0.1) is 10.1 Å². The molecule has 1 N–H and O–H groups in total. The fourth-order valence-electron chi connectivity index (χ4n) is 1.34. The van der Waals surface area contributed by atoms with E-state index in [1.165, 1.54) is 21.8 Å². The van der Waals surface area contributed by atoms with E-state index in [1.807, 2.05) is 0 Å². The molecule has 0 radical (unpaired) electrons. The SMILES string of the molecule is O=C(O)c1cn(CCn2cc(Cl)c([N+](=O)[O-])n2)nn1. The smallest absolute Gasteiger partial charge is 0.408 e. The third-order valence-electron chi connectivity index (χ3n) is 2.19. The van der Waals surface area contributed by atoms with Crippen LogP contribution in [0.15, 0.2) is 12.4 Å². The highest BCUT2D eigenvalue weighted by atomic mass is 35.5. The lowest BCUT2D eigenvalue weighted by atomic mass is 10.5. The predicted octanol–water partition coefficient (Wildman–Crippen LogP) is 0.435. The number of aryl methyl sites for hydroxylation is 2. The number of halogens is 1. The van der Waals surface area contributed by atoms with Crippen molar-refractivity contribution in [3.63, 3.8) is 0 Å². The molecule has 0 saturated carbocycles. The number of carboxylic acid groups (broad SMARTS) is 1. The molecule has 11 heteroatoms. The van der Waals surface area contributed by atoms with E-state index in [9.17, 15) is 14.9 Å². The molecule has 0 aliphatic rings. The van der Waals surface area contributed by atoms with Crippen LogP contribution in [-0.2, 0) is 13.1 Å². The van der Waals surface area contributed by atoms with Crippen LogP contribution in [0.5, 0.6) is 0 Å². The molecule has 2 aromatic heterocycles. The number of aromatic nitrogens is 5. The molecule has 100 valence electrons. The quantitative estimate of drug-likeness (QED) is 0.623. The first-order valence-electron chi connectivity index (χ1n) is 4.98. The Hall–Kier alpha value is -2.49. The van der Waals surface area contributed by atoms with Crippen molar-refractivity contribution in [1.82, 2.24) is 24.8 Å². The monoisotopic (exact) mass is 286 g/mol. The fraction of sp³-hybridized carbons (Fsp3) is 0.250. The van der Waals surface area contributed by atoms with E-state index in [2.05, 4.69) is 15.4 Å². The predicted molar refractivity (Wildman–Crippen MR) is 60.9 cm³/mol. The van der Waals surface area contributed by atoms with Gasteiger partial charge in [0.2, 0.25) is 0 Å². The second kappa shape index (κ2) is 5.02. The highest BCUT2D eigenvalue weighted by Crippen LogP contribution is 2.21. The van der Waals surface area contributed by atoms with Gasteiger partial charge in [-0.1, -0.05) is 16.8 Å². The molecule has 0 bridgehead atoms. The first-order valence-corrected chi connectivity index (χ1v) is 5.36. The van der Waals surface area contributed by atoms with Crippen molar-refractivity contribution in [3.8, 4) is 0 Å². The Morgan fingerprint density at radius 2 is 2.11 bits per heavy atom. The normalized spacial score (nSPS) is 10.6. The second-order valence-corrected chi connectivity index (χ2v) is 3.90. The zero-order valence-electron chi connectivity index (χ0n) is 9.30. The molecule has 0 atom stereocenters. The van der Waals surface area contributed by atoms with Gasteiger partial charge >= 0.3 is 11.8 Å². The summed E-state index contributed by atoms with van der Waals surface area (Å²) in [6.07, 6.45) is 2.57. The maximum absolute atomic E-state index is 10.6. The van der Waals surface area contributed by atoms with Crippen molar-refractivity contribution < 1.29 is 14.8 Å². The van der Waals surface area contributed by atoms with Crippen molar-refractivity contribution in [1.29, 1.82) is 0 Å². The summed E-state index contributed by atoms with van der Waals surface area (Å²) in [7, 11) is 0. The maximum Gasteiger partial charge on any atom is 0.408 e. The average molecular weight is 287 g/mol. The molecule has 0 unspecified atom stereocenters. The highest BCUT2D eigenvalue weighted by molar-refractivity contribution is 6.32. The summed E-state index contributed by atoms with van der Waals surface area (Å²) >= 11 is 5.63. The molecule has 0 aliphatic carbocycles. The number of carboxylic acids is 1. The standard InChI is InChI=1S/C8H7ClN6O4/c9-5-3-13(11-7(5)15(18)19)1-2-14-4-6(8(16)17)10-12-14/h3-4H,1-2H2,(H,16,17).